The van der Waals surface area contributed by atoms with E-state index in [4.69, 9.17) is 34.8 Å². The van der Waals surface area contributed by atoms with Crippen molar-refractivity contribution in [3.63, 3.8) is 0 Å². The molecule has 1 amide bonds. The van der Waals surface area contributed by atoms with Gasteiger partial charge in [-0.05, 0) is 48.0 Å². The molecule has 150 valence electrons. The molecule has 0 bridgehead atoms. The van der Waals surface area contributed by atoms with E-state index in [9.17, 15) is 4.79 Å². The van der Waals surface area contributed by atoms with Crippen molar-refractivity contribution in [2.75, 3.05) is 0 Å². The summed E-state index contributed by atoms with van der Waals surface area (Å²) >= 11 is 18.6. The number of pyridine rings is 1. The average Bonchev–Trinajstić information content (AvgIpc) is 3.20. The fraction of sp³-hybridized carbons (Fsp3) is 0.0455. The van der Waals surface area contributed by atoms with Crippen LogP contribution in [0.25, 0.3) is 16.9 Å². The lowest BCUT2D eigenvalue weighted by Gasteiger charge is -2.09. The number of aromatic nitrogens is 3. The molecular formula is C22H15Cl3N4O. The molecule has 4 aromatic rings. The largest absolute Gasteiger partial charge is 0.347 e. The highest BCUT2D eigenvalue weighted by Gasteiger charge is 2.19. The third-order valence-electron chi connectivity index (χ3n) is 4.44. The Morgan fingerprint density at radius 1 is 0.900 bits per heavy atom. The van der Waals surface area contributed by atoms with E-state index in [0.717, 1.165) is 11.1 Å². The third kappa shape index (κ3) is 4.33. The summed E-state index contributed by atoms with van der Waals surface area (Å²) in [5, 5.41) is 8.86. The number of benzene rings is 2. The van der Waals surface area contributed by atoms with Crippen LogP contribution in [0, 0.1) is 0 Å². The summed E-state index contributed by atoms with van der Waals surface area (Å²) in [7, 11) is 0. The van der Waals surface area contributed by atoms with Crippen LogP contribution >= 0.6 is 34.8 Å². The molecule has 0 saturated carbocycles. The molecular weight excluding hydrogens is 443 g/mol. The molecule has 2 aromatic heterocycles. The van der Waals surface area contributed by atoms with Crippen molar-refractivity contribution >= 4 is 40.7 Å². The zero-order valence-electron chi connectivity index (χ0n) is 15.5. The Balaban J connectivity index is 1.74. The molecule has 0 fully saturated rings. The van der Waals surface area contributed by atoms with Crippen LogP contribution < -0.4 is 5.32 Å². The van der Waals surface area contributed by atoms with Crippen molar-refractivity contribution in [1.82, 2.24) is 20.1 Å². The molecule has 4 rings (SSSR count). The lowest BCUT2D eigenvalue weighted by atomic mass is 10.1. The standard InChI is InChI=1S/C22H15Cl3N4O/c23-17-4-2-1-3-16(17)20-12-21(22(30)27-13-14-7-9-26-10-8-14)29(28-20)15-5-6-18(24)19(25)11-15/h1-12H,13H2,(H,27,30). The predicted molar refractivity (Wildman–Crippen MR) is 119 cm³/mol. The summed E-state index contributed by atoms with van der Waals surface area (Å²) in [6.07, 6.45) is 3.36. The number of halogens is 3. The number of amides is 1. The van der Waals surface area contributed by atoms with Gasteiger partial charge in [0.05, 0.1) is 26.4 Å². The first kappa shape index (κ1) is 20.4. The van der Waals surface area contributed by atoms with Gasteiger partial charge in [-0.1, -0.05) is 53.0 Å². The maximum atomic E-state index is 13.0. The smallest absolute Gasteiger partial charge is 0.270 e. The van der Waals surface area contributed by atoms with Crippen LogP contribution in [0.4, 0.5) is 0 Å². The molecule has 0 atom stereocenters. The van der Waals surface area contributed by atoms with Crippen LogP contribution in [0.2, 0.25) is 15.1 Å². The number of nitrogens with zero attached hydrogens (tertiary/aromatic N) is 3. The second-order valence-electron chi connectivity index (χ2n) is 6.44. The van der Waals surface area contributed by atoms with E-state index in [1.807, 2.05) is 30.3 Å². The van der Waals surface area contributed by atoms with Crippen LogP contribution in [0.1, 0.15) is 16.1 Å². The second kappa shape index (κ2) is 8.88. The molecule has 5 nitrogen and oxygen atoms in total. The summed E-state index contributed by atoms with van der Waals surface area (Å²) < 4.78 is 1.53. The molecule has 0 aliphatic heterocycles. The van der Waals surface area contributed by atoms with Crippen molar-refractivity contribution in [3.8, 4) is 16.9 Å². The number of rotatable bonds is 5. The van der Waals surface area contributed by atoms with Gasteiger partial charge in [-0.2, -0.15) is 5.10 Å². The van der Waals surface area contributed by atoms with Gasteiger partial charge >= 0.3 is 0 Å². The van der Waals surface area contributed by atoms with E-state index in [2.05, 4.69) is 15.4 Å². The zero-order valence-corrected chi connectivity index (χ0v) is 17.8. The lowest BCUT2D eigenvalue weighted by Crippen LogP contribution is -2.25. The Labute approximate surface area is 188 Å². The van der Waals surface area contributed by atoms with E-state index in [0.29, 0.717) is 38.7 Å². The van der Waals surface area contributed by atoms with Gasteiger partial charge in [0.2, 0.25) is 0 Å². The van der Waals surface area contributed by atoms with Gasteiger partial charge in [-0.15, -0.1) is 0 Å². The van der Waals surface area contributed by atoms with Gasteiger partial charge < -0.3 is 5.32 Å². The molecule has 2 heterocycles. The number of nitrogens with one attached hydrogen (secondary N) is 1. The Hall–Kier alpha value is -2.86. The first-order valence-corrected chi connectivity index (χ1v) is 10.1. The highest BCUT2D eigenvalue weighted by atomic mass is 35.5. The molecule has 8 heteroatoms. The molecule has 0 unspecified atom stereocenters. The molecule has 30 heavy (non-hydrogen) atoms. The third-order valence-corrected chi connectivity index (χ3v) is 5.51. The number of hydrogen-bond acceptors (Lipinski definition) is 3. The van der Waals surface area contributed by atoms with Gasteiger partial charge in [0, 0.05) is 24.5 Å². The van der Waals surface area contributed by atoms with Gasteiger partial charge in [-0.3, -0.25) is 9.78 Å². The maximum absolute atomic E-state index is 13.0. The monoisotopic (exact) mass is 456 g/mol. The molecule has 1 N–H and O–H groups in total. The fourth-order valence-electron chi connectivity index (χ4n) is 2.93. The predicted octanol–water partition coefficient (Wildman–Crippen LogP) is 5.82. The maximum Gasteiger partial charge on any atom is 0.270 e. The first-order chi connectivity index (χ1) is 14.5. The van der Waals surface area contributed by atoms with E-state index in [-0.39, 0.29) is 5.91 Å². The summed E-state index contributed by atoms with van der Waals surface area (Å²) in [6, 6.07) is 17.8. The van der Waals surface area contributed by atoms with Gasteiger partial charge in [-0.25, -0.2) is 4.68 Å². The molecule has 0 saturated heterocycles. The Morgan fingerprint density at radius 2 is 1.67 bits per heavy atom. The van der Waals surface area contributed by atoms with Crippen LogP contribution in [0.15, 0.2) is 73.1 Å². The zero-order chi connectivity index (χ0) is 21.1. The quantitative estimate of drug-likeness (QED) is 0.410. The lowest BCUT2D eigenvalue weighted by molar-refractivity contribution is 0.0943. The Morgan fingerprint density at radius 3 is 2.40 bits per heavy atom. The summed E-state index contributed by atoms with van der Waals surface area (Å²) in [5.41, 5.74) is 3.18. The van der Waals surface area contributed by atoms with Crippen molar-refractivity contribution in [2.45, 2.75) is 6.54 Å². The van der Waals surface area contributed by atoms with Gasteiger partial charge in [0.25, 0.3) is 5.91 Å². The topological polar surface area (TPSA) is 59.8 Å². The van der Waals surface area contributed by atoms with Crippen molar-refractivity contribution < 1.29 is 4.79 Å². The van der Waals surface area contributed by atoms with E-state index in [1.54, 1.807) is 42.7 Å². The summed E-state index contributed by atoms with van der Waals surface area (Å²) in [6.45, 7) is 0.356. The number of carbonyl (C=O) groups is 1. The highest BCUT2D eigenvalue weighted by Crippen LogP contribution is 2.30. The van der Waals surface area contributed by atoms with Crippen LogP contribution in [0.3, 0.4) is 0 Å². The van der Waals surface area contributed by atoms with Crippen molar-refractivity contribution in [1.29, 1.82) is 0 Å². The molecule has 0 aliphatic carbocycles. The SMILES string of the molecule is O=C(NCc1ccncc1)c1cc(-c2ccccc2Cl)nn1-c1ccc(Cl)c(Cl)c1. The number of carbonyl (C=O) groups excluding carboxylic acids is 1. The Kier molecular flexibility index (Phi) is 6.04. The van der Waals surface area contributed by atoms with Crippen molar-refractivity contribution in [2.24, 2.45) is 0 Å². The van der Waals surface area contributed by atoms with Crippen molar-refractivity contribution in [3.05, 3.63) is 99.4 Å². The fourth-order valence-corrected chi connectivity index (χ4v) is 3.46. The van der Waals surface area contributed by atoms with Gasteiger partial charge in [0.15, 0.2) is 0 Å². The van der Waals surface area contributed by atoms with E-state index < -0.39 is 0 Å². The Bertz CT molecular complexity index is 1210. The summed E-state index contributed by atoms with van der Waals surface area (Å²) in [5.74, 6) is -0.288. The minimum absolute atomic E-state index is 0.288. The normalized spacial score (nSPS) is 10.8. The minimum atomic E-state index is -0.288. The van der Waals surface area contributed by atoms with Crippen LogP contribution in [-0.4, -0.2) is 20.7 Å². The average molecular weight is 458 g/mol. The van der Waals surface area contributed by atoms with Gasteiger partial charge in [0.1, 0.15) is 5.69 Å². The van der Waals surface area contributed by atoms with Crippen LogP contribution in [-0.2, 0) is 6.54 Å². The first-order valence-electron chi connectivity index (χ1n) is 9.00. The van der Waals surface area contributed by atoms with Crippen LogP contribution in [0.5, 0.6) is 0 Å². The molecule has 0 spiro atoms. The van der Waals surface area contributed by atoms with E-state index >= 15 is 0 Å². The van der Waals surface area contributed by atoms with E-state index in [1.165, 1.54) is 4.68 Å². The minimum Gasteiger partial charge on any atom is -0.347 e. The molecule has 0 radical (unpaired) electrons. The summed E-state index contributed by atoms with van der Waals surface area (Å²) in [4.78, 5) is 17.0. The molecule has 0 aliphatic rings. The number of hydrogen-bond donors (Lipinski definition) is 1. The second-order valence-corrected chi connectivity index (χ2v) is 7.66. The molecule has 2 aromatic carbocycles. The highest BCUT2D eigenvalue weighted by molar-refractivity contribution is 6.42.